The van der Waals surface area contributed by atoms with Crippen molar-refractivity contribution in [2.45, 2.75) is 19.8 Å². The average Bonchev–Trinajstić information content (AvgIpc) is 2.18. The first-order chi connectivity index (χ1) is 7.10. The fourth-order valence-corrected chi connectivity index (χ4v) is 0.902. The molecule has 0 heterocycles. The molecule has 0 saturated heterocycles. The molecule has 0 atom stereocenters. The van der Waals surface area contributed by atoms with E-state index < -0.39 is 5.97 Å². The van der Waals surface area contributed by atoms with Gasteiger partial charge in [0.1, 0.15) is 5.82 Å². The van der Waals surface area contributed by atoms with Gasteiger partial charge in [0.15, 0.2) is 0 Å². The minimum atomic E-state index is -0.834. The molecule has 1 aromatic rings. The maximum atomic E-state index is 12.4. The number of aryl methyl sites for hydroxylation is 1. The van der Waals surface area contributed by atoms with Crippen LogP contribution in [0.25, 0.3) is 0 Å². The van der Waals surface area contributed by atoms with Gasteiger partial charge in [-0.2, -0.15) is 0 Å². The molecule has 0 aliphatic heterocycles. The smallest absolute Gasteiger partial charge is 0.303 e. The van der Waals surface area contributed by atoms with Crippen molar-refractivity contribution in [1.29, 1.82) is 0 Å². The first-order valence-electron chi connectivity index (χ1n) is 4.76. The lowest BCUT2D eigenvalue weighted by atomic mass is 10.1. The van der Waals surface area contributed by atoms with Crippen molar-refractivity contribution in [3.05, 3.63) is 35.6 Å². The van der Waals surface area contributed by atoms with E-state index in [0.29, 0.717) is 6.42 Å². The van der Waals surface area contributed by atoms with E-state index in [1.165, 1.54) is 12.1 Å². The van der Waals surface area contributed by atoms with E-state index in [1.807, 2.05) is 6.92 Å². The molecule has 3 nitrogen and oxygen atoms in total. The van der Waals surface area contributed by atoms with Crippen molar-refractivity contribution in [2.75, 3.05) is 6.54 Å². The molecule has 0 bridgehead atoms. The number of carbonyl (C=O) groups is 1. The van der Waals surface area contributed by atoms with Gasteiger partial charge >= 0.3 is 5.97 Å². The first-order valence-corrected chi connectivity index (χ1v) is 4.76. The van der Waals surface area contributed by atoms with Gasteiger partial charge in [-0.3, -0.25) is 4.79 Å². The van der Waals surface area contributed by atoms with E-state index in [9.17, 15) is 9.18 Å². The lowest BCUT2D eigenvalue weighted by molar-refractivity contribution is -0.136. The Kier molecular flexibility index (Phi) is 7.18. The van der Waals surface area contributed by atoms with Crippen LogP contribution in [0.1, 0.15) is 18.9 Å². The molecule has 0 fully saturated rings. The maximum absolute atomic E-state index is 12.4. The van der Waals surface area contributed by atoms with Crippen LogP contribution in [-0.2, 0) is 11.2 Å². The fourth-order valence-electron chi connectivity index (χ4n) is 0.902. The summed E-state index contributed by atoms with van der Waals surface area (Å²) in [4.78, 5) is 10.2. The molecule has 3 N–H and O–H groups in total. The Bertz CT molecular complexity index is 285. The molecule has 0 aliphatic rings. The van der Waals surface area contributed by atoms with Crippen molar-refractivity contribution in [1.82, 2.24) is 0 Å². The summed E-state index contributed by atoms with van der Waals surface area (Å²) in [5.74, 6) is -1.13. The van der Waals surface area contributed by atoms with Gasteiger partial charge in [0, 0.05) is 6.42 Å². The van der Waals surface area contributed by atoms with Gasteiger partial charge in [-0.05, 0) is 30.7 Å². The molecule has 0 saturated carbocycles. The third kappa shape index (κ3) is 7.64. The Balaban J connectivity index is 0.000000583. The Hall–Kier alpha value is -1.42. The second-order valence-corrected chi connectivity index (χ2v) is 2.93. The van der Waals surface area contributed by atoms with Crippen LogP contribution in [0.2, 0.25) is 0 Å². The summed E-state index contributed by atoms with van der Waals surface area (Å²) >= 11 is 0. The van der Waals surface area contributed by atoms with Gasteiger partial charge in [-0.1, -0.05) is 19.1 Å². The molecule has 4 heteroatoms. The predicted octanol–water partition coefficient (Wildman–Crippen LogP) is 1.81. The zero-order valence-electron chi connectivity index (χ0n) is 8.74. The minimum absolute atomic E-state index is 0.0889. The number of carboxylic acids is 1. The number of carboxylic acid groups (broad SMARTS) is 1. The van der Waals surface area contributed by atoms with Gasteiger partial charge < -0.3 is 10.8 Å². The zero-order chi connectivity index (χ0) is 11.7. The molecule has 1 rings (SSSR count). The SMILES string of the molecule is CCN.O=C(O)CCc1ccc(F)cc1. The second kappa shape index (κ2) is 7.94. The number of nitrogens with two attached hydrogens (primary N) is 1. The monoisotopic (exact) mass is 213 g/mol. The molecule has 0 amide bonds. The number of rotatable bonds is 3. The normalized spacial score (nSPS) is 9.00. The third-order valence-electron chi connectivity index (χ3n) is 1.54. The molecule has 1 aromatic carbocycles. The van der Waals surface area contributed by atoms with Crippen molar-refractivity contribution >= 4 is 5.97 Å². The van der Waals surface area contributed by atoms with Gasteiger partial charge in [-0.15, -0.1) is 0 Å². The van der Waals surface area contributed by atoms with Crippen molar-refractivity contribution in [2.24, 2.45) is 5.73 Å². The molecule has 0 aliphatic carbocycles. The van der Waals surface area contributed by atoms with E-state index in [-0.39, 0.29) is 12.2 Å². The lowest BCUT2D eigenvalue weighted by Gasteiger charge is -1.96. The van der Waals surface area contributed by atoms with Crippen molar-refractivity contribution < 1.29 is 14.3 Å². The number of hydrogen-bond donors (Lipinski definition) is 2. The molecule has 0 aromatic heterocycles. The number of hydrogen-bond acceptors (Lipinski definition) is 2. The molecule has 0 radical (unpaired) electrons. The molecule has 15 heavy (non-hydrogen) atoms. The molecule has 0 spiro atoms. The van der Waals surface area contributed by atoms with Crippen LogP contribution < -0.4 is 5.73 Å². The highest BCUT2D eigenvalue weighted by Crippen LogP contribution is 2.04. The quantitative estimate of drug-likeness (QED) is 0.804. The molecular weight excluding hydrogens is 197 g/mol. The summed E-state index contributed by atoms with van der Waals surface area (Å²) in [6.45, 7) is 2.65. The molecular formula is C11H16FNO2. The maximum Gasteiger partial charge on any atom is 0.303 e. The van der Waals surface area contributed by atoms with Crippen LogP contribution in [-0.4, -0.2) is 17.6 Å². The largest absolute Gasteiger partial charge is 0.481 e. The Morgan fingerprint density at radius 1 is 1.40 bits per heavy atom. The van der Waals surface area contributed by atoms with Gasteiger partial charge in [-0.25, -0.2) is 4.39 Å². The number of benzene rings is 1. The lowest BCUT2D eigenvalue weighted by Crippen LogP contribution is -1.97. The van der Waals surface area contributed by atoms with Crippen molar-refractivity contribution in [3.63, 3.8) is 0 Å². The van der Waals surface area contributed by atoms with Gasteiger partial charge in [0.2, 0.25) is 0 Å². The molecule has 84 valence electrons. The fraction of sp³-hybridized carbons (Fsp3) is 0.364. The predicted molar refractivity (Wildman–Crippen MR) is 57.1 cm³/mol. The van der Waals surface area contributed by atoms with E-state index in [4.69, 9.17) is 10.8 Å². The summed E-state index contributed by atoms with van der Waals surface area (Å²) in [7, 11) is 0. The third-order valence-corrected chi connectivity index (χ3v) is 1.54. The molecule has 0 unspecified atom stereocenters. The topological polar surface area (TPSA) is 63.3 Å². The standard InChI is InChI=1S/C9H9FO2.C2H7N/c10-8-4-1-7(2-5-8)3-6-9(11)12;1-2-3/h1-2,4-5H,3,6H2,(H,11,12);2-3H2,1H3. The Labute approximate surface area is 88.7 Å². The summed E-state index contributed by atoms with van der Waals surface area (Å²) in [6.07, 6.45) is 0.543. The van der Waals surface area contributed by atoms with E-state index in [0.717, 1.165) is 12.1 Å². The average molecular weight is 213 g/mol. The number of halogens is 1. The zero-order valence-corrected chi connectivity index (χ0v) is 8.74. The van der Waals surface area contributed by atoms with Crippen molar-refractivity contribution in [3.8, 4) is 0 Å². The van der Waals surface area contributed by atoms with Crippen LogP contribution >= 0.6 is 0 Å². The highest BCUT2D eigenvalue weighted by atomic mass is 19.1. The first kappa shape index (κ1) is 13.6. The van der Waals surface area contributed by atoms with E-state index in [1.54, 1.807) is 12.1 Å². The number of aliphatic carboxylic acids is 1. The minimum Gasteiger partial charge on any atom is -0.481 e. The van der Waals surface area contributed by atoms with Crippen LogP contribution in [0.3, 0.4) is 0 Å². The van der Waals surface area contributed by atoms with E-state index >= 15 is 0 Å². The highest BCUT2D eigenvalue weighted by molar-refractivity contribution is 5.67. The summed E-state index contributed by atoms with van der Waals surface area (Å²) < 4.78 is 12.4. The second-order valence-electron chi connectivity index (χ2n) is 2.93. The van der Waals surface area contributed by atoms with Gasteiger partial charge in [0.25, 0.3) is 0 Å². The Morgan fingerprint density at radius 2 is 1.87 bits per heavy atom. The summed E-state index contributed by atoms with van der Waals surface area (Å²) in [6, 6.07) is 5.85. The van der Waals surface area contributed by atoms with Crippen LogP contribution in [0.5, 0.6) is 0 Å². The summed E-state index contributed by atoms with van der Waals surface area (Å²) in [5, 5.41) is 8.36. The highest BCUT2D eigenvalue weighted by Gasteiger charge is 1.98. The van der Waals surface area contributed by atoms with Crippen LogP contribution in [0.15, 0.2) is 24.3 Å². The summed E-state index contributed by atoms with van der Waals surface area (Å²) in [5.41, 5.74) is 5.69. The van der Waals surface area contributed by atoms with E-state index in [2.05, 4.69) is 0 Å². The van der Waals surface area contributed by atoms with Crippen LogP contribution in [0, 0.1) is 5.82 Å². The Morgan fingerprint density at radius 3 is 2.27 bits per heavy atom. The van der Waals surface area contributed by atoms with Crippen LogP contribution in [0.4, 0.5) is 4.39 Å². The van der Waals surface area contributed by atoms with Gasteiger partial charge in [0.05, 0.1) is 0 Å².